The summed E-state index contributed by atoms with van der Waals surface area (Å²) in [7, 11) is 0. The van der Waals surface area contributed by atoms with E-state index in [0.717, 1.165) is 12.8 Å². The van der Waals surface area contributed by atoms with Gasteiger partial charge < -0.3 is 20.5 Å². The first-order chi connectivity index (χ1) is 14.0. The molecule has 0 bridgehead atoms. The lowest BCUT2D eigenvalue weighted by atomic mass is 10.1. The monoisotopic (exact) mass is 396 g/mol. The Morgan fingerprint density at radius 1 is 0.966 bits per heavy atom. The van der Waals surface area contributed by atoms with Gasteiger partial charge in [-0.05, 0) is 68.1 Å². The Hall–Kier alpha value is -3.35. The number of anilines is 1. The van der Waals surface area contributed by atoms with E-state index in [0.29, 0.717) is 22.6 Å². The van der Waals surface area contributed by atoms with Gasteiger partial charge in [-0.15, -0.1) is 0 Å². The van der Waals surface area contributed by atoms with Crippen LogP contribution in [-0.2, 0) is 4.79 Å². The van der Waals surface area contributed by atoms with Crippen molar-refractivity contribution in [2.75, 3.05) is 11.9 Å². The number of benzene rings is 2. The zero-order valence-corrected chi connectivity index (χ0v) is 16.0. The Bertz CT molecular complexity index is 873. The summed E-state index contributed by atoms with van der Waals surface area (Å²) in [6.45, 7) is 0.0614. The fourth-order valence-corrected chi connectivity index (χ4v) is 3.20. The molecule has 29 heavy (non-hydrogen) atoms. The first-order valence-corrected chi connectivity index (χ1v) is 9.69. The van der Waals surface area contributed by atoms with Crippen molar-refractivity contribution in [3.63, 3.8) is 0 Å². The second kappa shape index (κ2) is 9.73. The number of aliphatic carboxylic acids is 1. The predicted octanol–water partition coefficient (Wildman–Crippen LogP) is 3.46. The Morgan fingerprint density at radius 3 is 2.38 bits per heavy atom. The standard InChI is InChI=1S/C22H24N2O5/c25-20(26)12-13-23-21(27)15-8-10-17(11-9-15)24-22(28)16-4-3-7-19(14-16)29-18-5-1-2-6-18/h3-4,7-11,14,18H,1-2,5-6,12-13H2,(H,23,27)(H,24,28)(H,25,26). The van der Waals surface area contributed by atoms with Gasteiger partial charge in [0.15, 0.2) is 0 Å². The number of carboxylic acid groups (broad SMARTS) is 1. The zero-order valence-electron chi connectivity index (χ0n) is 16.0. The molecule has 3 N–H and O–H groups in total. The Kier molecular flexibility index (Phi) is 6.84. The minimum Gasteiger partial charge on any atom is -0.490 e. The summed E-state index contributed by atoms with van der Waals surface area (Å²) >= 11 is 0. The molecule has 1 aliphatic carbocycles. The van der Waals surface area contributed by atoms with Crippen LogP contribution in [0, 0.1) is 0 Å². The average molecular weight is 396 g/mol. The molecule has 2 aromatic carbocycles. The van der Waals surface area contributed by atoms with Gasteiger partial charge in [0.25, 0.3) is 11.8 Å². The number of nitrogens with one attached hydrogen (secondary N) is 2. The van der Waals surface area contributed by atoms with Crippen molar-refractivity contribution in [2.45, 2.75) is 38.2 Å². The molecular weight excluding hydrogens is 372 g/mol. The molecule has 7 heteroatoms. The Morgan fingerprint density at radius 2 is 1.69 bits per heavy atom. The summed E-state index contributed by atoms with van der Waals surface area (Å²) in [5, 5.41) is 13.9. The highest BCUT2D eigenvalue weighted by molar-refractivity contribution is 6.04. The van der Waals surface area contributed by atoms with Crippen LogP contribution in [0.3, 0.4) is 0 Å². The highest BCUT2D eigenvalue weighted by Gasteiger charge is 2.17. The van der Waals surface area contributed by atoms with Crippen molar-refractivity contribution < 1.29 is 24.2 Å². The number of hydrogen-bond acceptors (Lipinski definition) is 4. The number of amides is 2. The number of ether oxygens (including phenoxy) is 1. The van der Waals surface area contributed by atoms with Crippen LogP contribution in [0.2, 0.25) is 0 Å². The highest BCUT2D eigenvalue weighted by atomic mass is 16.5. The van der Waals surface area contributed by atoms with E-state index in [4.69, 9.17) is 9.84 Å². The number of carboxylic acids is 1. The number of rotatable bonds is 8. The lowest BCUT2D eigenvalue weighted by Gasteiger charge is -2.14. The van der Waals surface area contributed by atoms with E-state index in [9.17, 15) is 14.4 Å². The first-order valence-electron chi connectivity index (χ1n) is 9.69. The molecule has 0 unspecified atom stereocenters. The molecule has 0 spiro atoms. The molecule has 2 amide bonds. The van der Waals surface area contributed by atoms with Crippen molar-refractivity contribution in [2.24, 2.45) is 0 Å². The molecular formula is C22H24N2O5. The van der Waals surface area contributed by atoms with Crippen LogP contribution < -0.4 is 15.4 Å². The minimum absolute atomic E-state index is 0.0614. The summed E-state index contributed by atoms with van der Waals surface area (Å²) in [6.07, 6.45) is 4.54. The van der Waals surface area contributed by atoms with Gasteiger partial charge in [-0.2, -0.15) is 0 Å². The molecule has 1 aliphatic rings. The Labute approximate surface area is 169 Å². The lowest BCUT2D eigenvalue weighted by molar-refractivity contribution is -0.136. The molecule has 1 saturated carbocycles. The number of hydrogen-bond donors (Lipinski definition) is 3. The third-order valence-corrected chi connectivity index (χ3v) is 4.73. The molecule has 2 aromatic rings. The molecule has 1 fully saturated rings. The van der Waals surface area contributed by atoms with Crippen LogP contribution in [-0.4, -0.2) is 35.5 Å². The van der Waals surface area contributed by atoms with Crippen molar-refractivity contribution in [3.05, 3.63) is 59.7 Å². The summed E-state index contributed by atoms with van der Waals surface area (Å²) in [5.74, 6) is -0.902. The van der Waals surface area contributed by atoms with Gasteiger partial charge >= 0.3 is 5.97 Å². The molecule has 0 aromatic heterocycles. The molecule has 3 rings (SSSR count). The van der Waals surface area contributed by atoms with Crippen molar-refractivity contribution in [1.29, 1.82) is 0 Å². The smallest absolute Gasteiger partial charge is 0.305 e. The maximum atomic E-state index is 12.5. The maximum absolute atomic E-state index is 12.5. The quantitative estimate of drug-likeness (QED) is 0.634. The fourth-order valence-electron chi connectivity index (χ4n) is 3.20. The van der Waals surface area contributed by atoms with Crippen LogP contribution in [0.15, 0.2) is 48.5 Å². The van der Waals surface area contributed by atoms with E-state index in [2.05, 4.69) is 10.6 Å². The molecule has 0 aliphatic heterocycles. The van der Waals surface area contributed by atoms with Crippen LogP contribution >= 0.6 is 0 Å². The lowest BCUT2D eigenvalue weighted by Crippen LogP contribution is -2.25. The van der Waals surface area contributed by atoms with Crippen LogP contribution in [0.4, 0.5) is 5.69 Å². The summed E-state index contributed by atoms with van der Waals surface area (Å²) in [4.78, 5) is 35.0. The molecule has 0 radical (unpaired) electrons. The number of carbonyl (C=O) groups is 3. The van der Waals surface area contributed by atoms with Gasteiger partial charge in [0.2, 0.25) is 0 Å². The summed E-state index contributed by atoms with van der Waals surface area (Å²) < 4.78 is 5.94. The highest BCUT2D eigenvalue weighted by Crippen LogP contribution is 2.25. The zero-order chi connectivity index (χ0) is 20.6. The van der Waals surface area contributed by atoms with Gasteiger partial charge in [-0.1, -0.05) is 6.07 Å². The van der Waals surface area contributed by atoms with E-state index >= 15 is 0 Å². The van der Waals surface area contributed by atoms with Gasteiger partial charge in [-0.25, -0.2) is 0 Å². The average Bonchev–Trinajstić information content (AvgIpc) is 3.21. The first kappa shape index (κ1) is 20.4. The third kappa shape index (κ3) is 6.07. The molecule has 0 heterocycles. The van der Waals surface area contributed by atoms with Crippen LogP contribution in [0.1, 0.15) is 52.8 Å². The SMILES string of the molecule is O=C(O)CCNC(=O)c1ccc(NC(=O)c2cccc(OC3CCCC3)c2)cc1. The van der Waals surface area contributed by atoms with Crippen LogP contribution in [0.25, 0.3) is 0 Å². The normalized spacial score (nSPS) is 13.7. The molecule has 0 atom stereocenters. The fraction of sp³-hybridized carbons (Fsp3) is 0.318. The predicted molar refractivity (Wildman–Crippen MR) is 108 cm³/mol. The van der Waals surface area contributed by atoms with E-state index in [1.54, 1.807) is 42.5 Å². The second-order valence-electron chi connectivity index (χ2n) is 6.98. The maximum Gasteiger partial charge on any atom is 0.305 e. The van der Waals surface area contributed by atoms with Crippen molar-refractivity contribution >= 4 is 23.5 Å². The summed E-state index contributed by atoms with van der Waals surface area (Å²) in [6, 6.07) is 13.5. The number of carbonyl (C=O) groups excluding carboxylic acids is 2. The molecule has 7 nitrogen and oxygen atoms in total. The Balaban J connectivity index is 1.56. The largest absolute Gasteiger partial charge is 0.490 e. The van der Waals surface area contributed by atoms with Gasteiger partial charge in [0, 0.05) is 23.4 Å². The van der Waals surface area contributed by atoms with Crippen molar-refractivity contribution in [3.8, 4) is 5.75 Å². The van der Waals surface area contributed by atoms with E-state index in [1.807, 2.05) is 6.07 Å². The van der Waals surface area contributed by atoms with Crippen molar-refractivity contribution in [1.82, 2.24) is 5.32 Å². The van der Waals surface area contributed by atoms with E-state index in [-0.39, 0.29) is 30.9 Å². The molecule has 152 valence electrons. The van der Waals surface area contributed by atoms with Gasteiger partial charge in [0.1, 0.15) is 5.75 Å². The van der Waals surface area contributed by atoms with E-state index in [1.165, 1.54) is 12.8 Å². The van der Waals surface area contributed by atoms with E-state index < -0.39 is 5.97 Å². The second-order valence-corrected chi connectivity index (χ2v) is 6.98. The third-order valence-electron chi connectivity index (χ3n) is 4.73. The minimum atomic E-state index is -0.971. The molecule has 0 saturated heterocycles. The van der Waals surface area contributed by atoms with Gasteiger partial charge in [0.05, 0.1) is 12.5 Å². The summed E-state index contributed by atoms with van der Waals surface area (Å²) in [5.41, 5.74) is 1.44. The van der Waals surface area contributed by atoms with Gasteiger partial charge in [-0.3, -0.25) is 14.4 Å². The van der Waals surface area contributed by atoms with Crippen LogP contribution in [0.5, 0.6) is 5.75 Å². The topological polar surface area (TPSA) is 105 Å².